The van der Waals surface area contributed by atoms with Gasteiger partial charge in [0.1, 0.15) is 0 Å². The molecule has 1 aliphatic rings. The molecule has 0 aromatic heterocycles. The third kappa shape index (κ3) is 3.59. The summed E-state index contributed by atoms with van der Waals surface area (Å²) in [5, 5.41) is 13.7. The Balaban J connectivity index is 1.94. The number of aliphatic hydroxyl groups is 1. The van der Waals surface area contributed by atoms with Gasteiger partial charge in [-0.3, -0.25) is 9.59 Å². The lowest BCUT2D eigenvalue weighted by Gasteiger charge is -2.27. The van der Waals surface area contributed by atoms with Crippen molar-refractivity contribution in [3.05, 3.63) is 34.9 Å². The monoisotopic (exact) mass is 324 g/mol. The molecule has 3 atom stereocenters. The number of hydrogen-bond donors (Lipinski definition) is 2. The minimum Gasteiger partial charge on any atom is -0.390 e. The molecule has 2 rings (SSSR count). The molecule has 0 heterocycles. The largest absolute Gasteiger partial charge is 0.390 e. The summed E-state index contributed by atoms with van der Waals surface area (Å²) in [5.41, 5.74) is 0.836. The van der Waals surface area contributed by atoms with Gasteiger partial charge in [0, 0.05) is 25.5 Å². The Morgan fingerprint density at radius 1 is 1.36 bits per heavy atom. The minimum absolute atomic E-state index is 0.110. The molecule has 0 unspecified atom stereocenters. The molecular formula is C16H21ClN2O3. The first-order chi connectivity index (χ1) is 10.4. The number of nitrogens with one attached hydrogen (secondary N) is 1. The van der Waals surface area contributed by atoms with E-state index in [1.807, 2.05) is 18.2 Å². The molecule has 0 spiro atoms. The highest BCUT2D eigenvalue weighted by molar-refractivity contribution is 6.31. The lowest BCUT2D eigenvalue weighted by molar-refractivity contribution is -0.134. The fourth-order valence-corrected chi connectivity index (χ4v) is 3.06. The fraction of sp³-hybridized carbons (Fsp3) is 0.500. The molecule has 6 heteroatoms. The van der Waals surface area contributed by atoms with E-state index in [9.17, 15) is 14.7 Å². The Labute approximate surface area is 135 Å². The molecule has 2 N–H and O–H groups in total. The van der Waals surface area contributed by atoms with Crippen molar-refractivity contribution < 1.29 is 14.7 Å². The molecule has 0 radical (unpaired) electrons. The molecule has 0 saturated heterocycles. The first kappa shape index (κ1) is 16.8. The first-order valence-electron chi connectivity index (χ1n) is 7.34. The lowest BCUT2D eigenvalue weighted by atomic mass is 10.0. The smallest absolute Gasteiger partial charge is 0.226 e. The van der Waals surface area contributed by atoms with E-state index < -0.39 is 12.0 Å². The van der Waals surface area contributed by atoms with Gasteiger partial charge >= 0.3 is 0 Å². The van der Waals surface area contributed by atoms with Gasteiger partial charge in [0.25, 0.3) is 0 Å². The van der Waals surface area contributed by atoms with Crippen molar-refractivity contribution in [2.45, 2.75) is 38.5 Å². The Hall–Kier alpha value is -1.59. The zero-order valence-corrected chi connectivity index (χ0v) is 13.5. The van der Waals surface area contributed by atoms with Crippen molar-refractivity contribution in [2.75, 3.05) is 7.05 Å². The number of hydrogen-bond acceptors (Lipinski definition) is 3. The van der Waals surface area contributed by atoms with Crippen molar-refractivity contribution in [1.29, 1.82) is 0 Å². The third-order valence-corrected chi connectivity index (χ3v) is 4.69. The number of amides is 2. The molecule has 1 saturated carbocycles. The van der Waals surface area contributed by atoms with Gasteiger partial charge in [-0.1, -0.05) is 29.8 Å². The summed E-state index contributed by atoms with van der Waals surface area (Å²) in [5.74, 6) is -0.803. The second-order valence-electron chi connectivity index (χ2n) is 5.68. The number of likely N-dealkylation sites (N-methyl/N-ethyl adjacent to an activating group) is 1. The topological polar surface area (TPSA) is 69.6 Å². The molecule has 22 heavy (non-hydrogen) atoms. The first-order valence-corrected chi connectivity index (χ1v) is 7.72. The summed E-state index contributed by atoms with van der Waals surface area (Å²) in [7, 11) is 1.65. The zero-order valence-electron chi connectivity index (χ0n) is 12.8. The Morgan fingerprint density at radius 2 is 2.05 bits per heavy atom. The maximum absolute atomic E-state index is 12.3. The maximum Gasteiger partial charge on any atom is 0.226 e. The van der Waals surface area contributed by atoms with E-state index >= 15 is 0 Å². The summed E-state index contributed by atoms with van der Waals surface area (Å²) >= 11 is 6.05. The van der Waals surface area contributed by atoms with Gasteiger partial charge in [-0.05, 0) is 24.5 Å². The predicted molar refractivity (Wildman–Crippen MR) is 84.3 cm³/mol. The quantitative estimate of drug-likeness (QED) is 0.883. The van der Waals surface area contributed by atoms with Crippen LogP contribution in [0.2, 0.25) is 5.02 Å². The number of halogens is 1. The molecule has 1 fully saturated rings. The normalized spacial score (nSPS) is 24.1. The average molecular weight is 325 g/mol. The van der Waals surface area contributed by atoms with Crippen molar-refractivity contribution >= 4 is 23.4 Å². The van der Waals surface area contributed by atoms with Crippen LogP contribution in [0.3, 0.4) is 0 Å². The number of carbonyl (C=O) groups excluding carboxylic acids is 2. The van der Waals surface area contributed by atoms with Crippen molar-refractivity contribution in [2.24, 2.45) is 5.92 Å². The predicted octanol–water partition coefficient (Wildman–Crippen LogP) is 1.57. The summed E-state index contributed by atoms with van der Waals surface area (Å²) in [6.45, 7) is 1.78. The lowest BCUT2D eigenvalue weighted by Crippen LogP contribution is -2.45. The average Bonchev–Trinajstić information content (AvgIpc) is 2.87. The standard InChI is InChI=1S/C16H21ClN2O3/c1-10(20)19(2)14-8-7-12(15(14)21)16(22)18-9-11-5-3-4-6-13(11)17/h3-6,12,14-15,21H,7-9H2,1-2H3,(H,18,22)/t12-,14-,15+/m1/s1. The fourth-order valence-electron chi connectivity index (χ4n) is 2.86. The molecule has 1 aromatic rings. The van der Waals surface area contributed by atoms with Gasteiger partial charge in [-0.2, -0.15) is 0 Å². The van der Waals surface area contributed by atoms with Gasteiger partial charge in [0.05, 0.1) is 18.1 Å². The van der Waals surface area contributed by atoms with Crippen LogP contribution >= 0.6 is 11.6 Å². The summed E-state index contributed by atoms with van der Waals surface area (Å²) in [4.78, 5) is 25.2. The number of aliphatic hydroxyl groups excluding tert-OH is 1. The molecule has 1 aromatic carbocycles. The van der Waals surface area contributed by atoms with Crippen LogP contribution in [0.1, 0.15) is 25.3 Å². The number of carbonyl (C=O) groups is 2. The minimum atomic E-state index is -0.833. The van der Waals surface area contributed by atoms with E-state index in [0.29, 0.717) is 24.4 Å². The molecule has 5 nitrogen and oxygen atoms in total. The second-order valence-corrected chi connectivity index (χ2v) is 6.09. The van der Waals surface area contributed by atoms with Crippen LogP contribution in [0, 0.1) is 5.92 Å². The molecule has 0 bridgehead atoms. The highest BCUT2D eigenvalue weighted by Gasteiger charge is 2.41. The molecule has 0 aliphatic heterocycles. The molecule has 1 aliphatic carbocycles. The summed E-state index contributed by atoms with van der Waals surface area (Å²) in [6.07, 6.45) is 0.360. The molecule has 2 amide bonds. The van der Waals surface area contributed by atoms with Gasteiger partial charge in [-0.15, -0.1) is 0 Å². The van der Waals surface area contributed by atoms with Crippen molar-refractivity contribution in [3.63, 3.8) is 0 Å². The van der Waals surface area contributed by atoms with E-state index in [1.54, 1.807) is 13.1 Å². The van der Waals surface area contributed by atoms with Crippen LogP contribution in [-0.2, 0) is 16.1 Å². The molecule has 120 valence electrons. The van der Waals surface area contributed by atoms with Gasteiger partial charge in [0.2, 0.25) is 11.8 Å². The van der Waals surface area contributed by atoms with E-state index in [0.717, 1.165) is 5.56 Å². The Bertz CT molecular complexity index is 564. The van der Waals surface area contributed by atoms with Crippen LogP contribution < -0.4 is 5.32 Å². The summed E-state index contributed by atoms with van der Waals surface area (Å²) < 4.78 is 0. The van der Waals surface area contributed by atoms with Crippen LogP contribution in [0.25, 0.3) is 0 Å². The van der Waals surface area contributed by atoms with Crippen molar-refractivity contribution in [1.82, 2.24) is 10.2 Å². The van der Waals surface area contributed by atoms with Gasteiger partial charge in [0.15, 0.2) is 0 Å². The molecular weight excluding hydrogens is 304 g/mol. The second kappa shape index (κ2) is 7.11. The van der Waals surface area contributed by atoms with E-state index in [-0.39, 0.29) is 17.9 Å². The number of nitrogens with zero attached hydrogens (tertiary/aromatic N) is 1. The van der Waals surface area contributed by atoms with Crippen LogP contribution in [-0.4, -0.2) is 41.0 Å². The highest BCUT2D eigenvalue weighted by Crippen LogP contribution is 2.29. The van der Waals surface area contributed by atoms with Crippen LogP contribution in [0.15, 0.2) is 24.3 Å². The van der Waals surface area contributed by atoms with E-state index in [2.05, 4.69) is 5.32 Å². The number of rotatable bonds is 4. The van der Waals surface area contributed by atoms with E-state index in [1.165, 1.54) is 11.8 Å². The van der Waals surface area contributed by atoms with Gasteiger partial charge < -0.3 is 15.3 Å². The van der Waals surface area contributed by atoms with E-state index in [4.69, 9.17) is 11.6 Å². The highest BCUT2D eigenvalue weighted by atomic mass is 35.5. The van der Waals surface area contributed by atoms with Gasteiger partial charge in [-0.25, -0.2) is 0 Å². The Kier molecular flexibility index (Phi) is 5.42. The number of benzene rings is 1. The van der Waals surface area contributed by atoms with Crippen LogP contribution in [0.5, 0.6) is 0 Å². The summed E-state index contributed by atoms with van der Waals surface area (Å²) in [6, 6.07) is 7.01. The third-order valence-electron chi connectivity index (χ3n) is 4.32. The van der Waals surface area contributed by atoms with Crippen molar-refractivity contribution in [3.8, 4) is 0 Å². The maximum atomic E-state index is 12.3. The SMILES string of the molecule is CC(=O)N(C)[C@@H]1CC[C@@H](C(=O)NCc2ccccc2Cl)[C@@H]1O. The van der Waals surface area contributed by atoms with Crippen LogP contribution in [0.4, 0.5) is 0 Å². The zero-order chi connectivity index (χ0) is 16.3. The Morgan fingerprint density at radius 3 is 2.68 bits per heavy atom.